The van der Waals surface area contributed by atoms with Gasteiger partial charge in [0, 0.05) is 26.2 Å². The second-order valence-corrected chi connectivity index (χ2v) is 5.73. The number of fused-ring (bicyclic) bond motifs is 1. The van der Waals surface area contributed by atoms with Gasteiger partial charge in [-0.2, -0.15) is 0 Å². The summed E-state index contributed by atoms with van der Waals surface area (Å²) in [6.07, 6.45) is 1.82. The molecule has 2 fully saturated rings. The van der Waals surface area contributed by atoms with Gasteiger partial charge in [0.1, 0.15) is 11.9 Å². The van der Waals surface area contributed by atoms with Gasteiger partial charge in [0.15, 0.2) is 0 Å². The molecule has 3 rings (SSSR count). The van der Waals surface area contributed by atoms with E-state index in [9.17, 15) is 4.79 Å². The van der Waals surface area contributed by atoms with Crippen molar-refractivity contribution >= 4 is 5.91 Å². The molecule has 0 bridgehead atoms. The number of hydrogen-bond donors (Lipinski definition) is 1. The summed E-state index contributed by atoms with van der Waals surface area (Å²) in [7, 11) is 1.66. The van der Waals surface area contributed by atoms with Crippen LogP contribution in [-0.4, -0.2) is 48.3 Å². The first-order chi connectivity index (χ1) is 9.65. The molecule has 0 unspecified atom stereocenters. The molecule has 0 aromatic carbocycles. The first kappa shape index (κ1) is 13.6. The van der Waals surface area contributed by atoms with Gasteiger partial charge in [0.2, 0.25) is 5.91 Å². The topological polar surface area (TPSA) is 67.6 Å². The molecule has 1 N–H and O–H groups in total. The van der Waals surface area contributed by atoms with Gasteiger partial charge < -0.3 is 14.6 Å². The lowest BCUT2D eigenvalue weighted by atomic mass is 9.91. The first-order valence-corrected chi connectivity index (χ1v) is 7.17. The van der Waals surface area contributed by atoms with Gasteiger partial charge in [0.05, 0.1) is 11.8 Å². The number of carbonyl (C=O) groups excluding carboxylic acids is 1. The minimum absolute atomic E-state index is 0.00178. The van der Waals surface area contributed by atoms with Gasteiger partial charge >= 0.3 is 0 Å². The highest BCUT2D eigenvalue weighted by Crippen LogP contribution is 2.33. The first-order valence-electron chi connectivity index (χ1n) is 7.17. The van der Waals surface area contributed by atoms with Crippen LogP contribution in [0.1, 0.15) is 24.3 Å². The van der Waals surface area contributed by atoms with Crippen LogP contribution in [0, 0.1) is 12.8 Å². The van der Waals surface area contributed by atoms with Crippen molar-refractivity contribution in [3.8, 4) is 0 Å². The van der Waals surface area contributed by atoms with E-state index in [1.807, 2.05) is 13.0 Å². The monoisotopic (exact) mass is 279 g/mol. The molecule has 2 saturated heterocycles. The van der Waals surface area contributed by atoms with Gasteiger partial charge in [-0.25, -0.2) is 0 Å². The highest BCUT2D eigenvalue weighted by atomic mass is 16.5. The maximum absolute atomic E-state index is 11.7. The van der Waals surface area contributed by atoms with Crippen LogP contribution in [0.3, 0.4) is 0 Å². The Labute approximate surface area is 118 Å². The third-order valence-electron chi connectivity index (χ3n) is 4.24. The van der Waals surface area contributed by atoms with Crippen LogP contribution < -0.4 is 5.32 Å². The van der Waals surface area contributed by atoms with Gasteiger partial charge in [-0.15, -0.1) is 0 Å². The molecule has 1 aromatic rings. The summed E-state index contributed by atoms with van der Waals surface area (Å²) in [6, 6.07) is 1.97. The molecule has 6 heteroatoms. The third kappa shape index (κ3) is 2.71. The molecule has 2 aliphatic rings. The van der Waals surface area contributed by atoms with E-state index < -0.39 is 0 Å². The van der Waals surface area contributed by atoms with Gasteiger partial charge in [-0.1, -0.05) is 5.16 Å². The van der Waals surface area contributed by atoms with E-state index in [1.165, 1.54) is 0 Å². The van der Waals surface area contributed by atoms with E-state index in [0.717, 1.165) is 43.9 Å². The maximum atomic E-state index is 11.7. The molecule has 3 atom stereocenters. The Morgan fingerprint density at radius 3 is 3.15 bits per heavy atom. The summed E-state index contributed by atoms with van der Waals surface area (Å²) in [6.45, 7) is 4.58. The molecule has 0 saturated carbocycles. The van der Waals surface area contributed by atoms with Crippen molar-refractivity contribution in [2.75, 3.05) is 20.1 Å². The van der Waals surface area contributed by atoms with Crippen LogP contribution in [-0.2, 0) is 16.1 Å². The summed E-state index contributed by atoms with van der Waals surface area (Å²) < 4.78 is 11.0. The molecular formula is C14H21N3O3. The number of rotatable bonds is 3. The summed E-state index contributed by atoms with van der Waals surface area (Å²) >= 11 is 0. The zero-order chi connectivity index (χ0) is 14.1. The standard InChI is InChI=1S/C14H21N3O3/c1-9-5-11(16-20-9)7-17-4-3-10-6-12(14(18)15-2)19-13(10)8-17/h5,10,12-13H,3-4,6-8H2,1-2H3,(H,15,18)/t10-,12+,13-/m1/s1. The van der Waals surface area contributed by atoms with Crippen molar-refractivity contribution < 1.29 is 14.1 Å². The molecule has 3 heterocycles. The molecule has 2 aliphatic heterocycles. The summed E-state index contributed by atoms with van der Waals surface area (Å²) in [5.74, 6) is 1.34. The average Bonchev–Trinajstić information content (AvgIpc) is 3.03. The Bertz CT molecular complexity index is 488. The molecule has 110 valence electrons. The van der Waals surface area contributed by atoms with Crippen molar-refractivity contribution in [2.24, 2.45) is 5.92 Å². The number of aryl methyl sites for hydroxylation is 1. The lowest BCUT2D eigenvalue weighted by molar-refractivity contribution is -0.132. The number of hydrogen-bond acceptors (Lipinski definition) is 5. The zero-order valence-electron chi connectivity index (χ0n) is 12.0. The van der Waals surface area contributed by atoms with E-state index in [1.54, 1.807) is 7.05 Å². The van der Waals surface area contributed by atoms with Crippen LogP contribution >= 0.6 is 0 Å². The molecule has 1 amide bonds. The van der Waals surface area contributed by atoms with Crippen molar-refractivity contribution in [1.29, 1.82) is 0 Å². The van der Waals surface area contributed by atoms with E-state index in [-0.39, 0.29) is 18.1 Å². The number of piperidine rings is 1. The minimum atomic E-state index is -0.274. The van der Waals surface area contributed by atoms with E-state index in [2.05, 4.69) is 15.4 Å². The highest BCUT2D eigenvalue weighted by molar-refractivity contribution is 5.80. The fourth-order valence-electron chi connectivity index (χ4n) is 3.19. The number of ether oxygens (including phenoxy) is 1. The highest BCUT2D eigenvalue weighted by Gasteiger charge is 2.41. The summed E-state index contributed by atoms with van der Waals surface area (Å²) in [5.41, 5.74) is 0.960. The SMILES string of the molecule is CNC(=O)[C@@H]1C[C@H]2CCN(Cc3cc(C)on3)C[C@H]2O1. The number of nitrogens with zero attached hydrogens (tertiary/aromatic N) is 2. The van der Waals surface area contributed by atoms with Crippen molar-refractivity contribution in [2.45, 2.75) is 38.5 Å². The number of likely N-dealkylation sites (N-methyl/N-ethyl adjacent to an activating group) is 1. The maximum Gasteiger partial charge on any atom is 0.248 e. The molecule has 0 spiro atoms. The Balaban J connectivity index is 1.57. The largest absolute Gasteiger partial charge is 0.364 e. The summed E-state index contributed by atoms with van der Waals surface area (Å²) in [4.78, 5) is 14.0. The number of aromatic nitrogens is 1. The number of amides is 1. The smallest absolute Gasteiger partial charge is 0.248 e. The zero-order valence-corrected chi connectivity index (χ0v) is 12.0. The van der Waals surface area contributed by atoms with Crippen LogP contribution in [0.5, 0.6) is 0 Å². The van der Waals surface area contributed by atoms with Gasteiger partial charge in [-0.05, 0) is 32.2 Å². The fraction of sp³-hybridized carbons (Fsp3) is 0.714. The van der Waals surface area contributed by atoms with Crippen molar-refractivity contribution in [3.05, 3.63) is 17.5 Å². The molecule has 1 aromatic heterocycles. The number of likely N-dealkylation sites (tertiary alicyclic amines) is 1. The molecule has 20 heavy (non-hydrogen) atoms. The summed E-state index contributed by atoms with van der Waals surface area (Å²) in [5, 5.41) is 6.70. The van der Waals surface area contributed by atoms with Crippen molar-refractivity contribution in [3.63, 3.8) is 0 Å². The lowest BCUT2D eigenvalue weighted by Gasteiger charge is -2.33. The predicted molar refractivity (Wildman–Crippen MR) is 72.0 cm³/mol. The Morgan fingerprint density at radius 1 is 1.60 bits per heavy atom. The Kier molecular flexibility index (Phi) is 3.76. The van der Waals surface area contributed by atoms with Gasteiger partial charge in [0.25, 0.3) is 0 Å². The van der Waals surface area contributed by atoms with E-state index in [0.29, 0.717) is 5.92 Å². The lowest BCUT2D eigenvalue weighted by Crippen LogP contribution is -2.42. The fourth-order valence-corrected chi connectivity index (χ4v) is 3.19. The van der Waals surface area contributed by atoms with Crippen LogP contribution in [0.4, 0.5) is 0 Å². The van der Waals surface area contributed by atoms with Gasteiger partial charge in [-0.3, -0.25) is 9.69 Å². The van der Waals surface area contributed by atoms with Crippen LogP contribution in [0.15, 0.2) is 10.6 Å². The second-order valence-electron chi connectivity index (χ2n) is 5.73. The third-order valence-corrected chi connectivity index (χ3v) is 4.24. The molecule has 0 aliphatic carbocycles. The molecule has 6 nitrogen and oxygen atoms in total. The second kappa shape index (κ2) is 5.54. The number of nitrogens with one attached hydrogen (secondary N) is 1. The number of carbonyl (C=O) groups is 1. The Hall–Kier alpha value is -1.40. The predicted octanol–water partition coefficient (Wildman–Crippen LogP) is 0.708. The minimum Gasteiger partial charge on any atom is -0.364 e. The normalized spacial score (nSPS) is 30.2. The quantitative estimate of drug-likeness (QED) is 0.882. The van der Waals surface area contributed by atoms with Crippen LogP contribution in [0.2, 0.25) is 0 Å². The average molecular weight is 279 g/mol. The van der Waals surface area contributed by atoms with Crippen molar-refractivity contribution in [1.82, 2.24) is 15.4 Å². The molecular weight excluding hydrogens is 258 g/mol. The Morgan fingerprint density at radius 2 is 2.45 bits per heavy atom. The van der Waals surface area contributed by atoms with E-state index in [4.69, 9.17) is 9.26 Å². The van der Waals surface area contributed by atoms with E-state index >= 15 is 0 Å². The molecule has 0 radical (unpaired) electrons. The van der Waals surface area contributed by atoms with Crippen LogP contribution in [0.25, 0.3) is 0 Å².